The molecule has 1 aromatic rings. The number of nitrogens with zero attached hydrogens (tertiary/aromatic N) is 2. The Hall–Kier alpha value is -1.48. The van der Waals surface area contributed by atoms with Crippen LogP contribution >= 0.6 is 0 Å². The maximum absolute atomic E-state index is 12.9. The SMILES string of the molecule is COCCN(CCOC)C(=O)c1ccc(S(=O)(=O)N(C)C2CCCCC2)cc1. The Morgan fingerprint density at radius 3 is 2.04 bits per heavy atom. The highest BCUT2D eigenvalue weighted by Gasteiger charge is 2.29. The maximum Gasteiger partial charge on any atom is 0.254 e. The molecule has 0 N–H and O–H groups in total. The molecule has 1 saturated carbocycles. The summed E-state index contributed by atoms with van der Waals surface area (Å²) < 4.78 is 37.5. The van der Waals surface area contributed by atoms with Crippen LogP contribution in [0, 0.1) is 0 Å². The molecule has 1 aromatic carbocycles. The lowest BCUT2D eigenvalue weighted by Gasteiger charge is -2.30. The summed E-state index contributed by atoms with van der Waals surface area (Å²) in [4.78, 5) is 14.6. The molecule has 0 unspecified atom stereocenters. The van der Waals surface area contributed by atoms with Crippen molar-refractivity contribution in [2.45, 2.75) is 43.0 Å². The van der Waals surface area contributed by atoms with Crippen LogP contribution in [0.4, 0.5) is 0 Å². The number of ether oxygens (including phenoxy) is 2. The van der Waals surface area contributed by atoms with Gasteiger partial charge in [0.25, 0.3) is 5.91 Å². The zero-order chi connectivity index (χ0) is 20.6. The largest absolute Gasteiger partial charge is 0.383 e. The predicted octanol–water partition coefficient (Wildman–Crippen LogP) is 2.37. The minimum Gasteiger partial charge on any atom is -0.383 e. The van der Waals surface area contributed by atoms with E-state index in [4.69, 9.17) is 9.47 Å². The summed E-state index contributed by atoms with van der Waals surface area (Å²) in [6.45, 7) is 1.74. The molecule has 0 aliphatic heterocycles. The van der Waals surface area contributed by atoms with Crippen LogP contribution in [-0.4, -0.2) is 77.1 Å². The Bertz CT molecular complexity index is 707. The summed E-state index contributed by atoms with van der Waals surface area (Å²) in [6.07, 6.45) is 5.11. The molecule has 0 spiro atoms. The van der Waals surface area contributed by atoms with E-state index in [1.165, 1.54) is 22.9 Å². The molecule has 1 amide bonds. The predicted molar refractivity (Wildman–Crippen MR) is 108 cm³/mol. The highest BCUT2D eigenvalue weighted by Crippen LogP contribution is 2.26. The van der Waals surface area contributed by atoms with Gasteiger partial charge in [0.1, 0.15) is 0 Å². The number of sulfonamides is 1. The van der Waals surface area contributed by atoms with Crippen LogP contribution in [0.15, 0.2) is 29.2 Å². The van der Waals surface area contributed by atoms with E-state index in [2.05, 4.69) is 0 Å². The van der Waals surface area contributed by atoms with Crippen LogP contribution in [0.25, 0.3) is 0 Å². The van der Waals surface area contributed by atoms with Crippen LogP contribution in [0.3, 0.4) is 0 Å². The first-order chi connectivity index (χ1) is 13.4. The summed E-state index contributed by atoms with van der Waals surface area (Å²) in [5.74, 6) is -0.168. The maximum atomic E-state index is 12.9. The molecule has 2 rings (SSSR count). The fraction of sp³-hybridized carbons (Fsp3) is 0.650. The van der Waals surface area contributed by atoms with E-state index < -0.39 is 10.0 Å². The summed E-state index contributed by atoms with van der Waals surface area (Å²) >= 11 is 0. The second-order valence-corrected chi connectivity index (χ2v) is 9.11. The molecule has 1 fully saturated rings. The van der Waals surface area contributed by atoms with Crippen molar-refractivity contribution in [1.82, 2.24) is 9.21 Å². The number of carbonyl (C=O) groups is 1. The van der Waals surface area contributed by atoms with Gasteiger partial charge in [-0.3, -0.25) is 4.79 Å². The molecule has 0 saturated heterocycles. The minimum absolute atomic E-state index is 0.0543. The third-order valence-corrected chi connectivity index (χ3v) is 7.21. The van der Waals surface area contributed by atoms with Gasteiger partial charge in [0.15, 0.2) is 0 Å². The van der Waals surface area contributed by atoms with Crippen molar-refractivity contribution >= 4 is 15.9 Å². The molecule has 0 bridgehead atoms. The third kappa shape index (κ3) is 5.76. The Labute approximate surface area is 168 Å². The van der Waals surface area contributed by atoms with Gasteiger partial charge in [0.05, 0.1) is 18.1 Å². The topological polar surface area (TPSA) is 76.1 Å². The van der Waals surface area contributed by atoms with E-state index in [0.29, 0.717) is 31.9 Å². The summed E-state index contributed by atoms with van der Waals surface area (Å²) in [5, 5.41) is 0. The number of hydrogen-bond acceptors (Lipinski definition) is 5. The molecular weight excluding hydrogens is 380 g/mol. The van der Waals surface area contributed by atoms with Gasteiger partial charge < -0.3 is 14.4 Å². The van der Waals surface area contributed by atoms with Crippen LogP contribution in [0.2, 0.25) is 0 Å². The van der Waals surface area contributed by atoms with Crippen molar-refractivity contribution in [3.05, 3.63) is 29.8 Å². The molecule has 8 heteroatoms. The standard InChI is InChI=1S/C20H32N2O5S/c1-21(18-7-5-4-6-8-18)28(24,25)19-11-9-17(10-12-19)20(23)22(13-15-26-2)14-16-27-3/h9-12,18H,4-8,13-16H2,1-3H3. The van der Waals surface area contributed by atoms with Gasteiger partial charge >= 0.3 is 0 Å². The van der Waals surface area contributed by atoms with Crippen LogP contribution in [0.1, 0.15) is 42.5 Å². The third-order valence-electron chi connectivity index (χ3n) is 5.29. The van der Waals surface area contributed by atoms with E-state index in [0.717, 1.165) is 25.7 Å². The van der Waals surface area contributed by atoms with Gasteiger partial charge in [0, 0.05) is 46.0 Å². The minimum atomic E-state index is -3.56. The zero-order valence-electron chi connectivity index (χ0n) is 17.1. The van der Waals surface area contributed by atoms with Crippen molar-refractivity contribution in [2.24, 2.45) is 0 Å². The van der Waals surface area contributed by atoms with E-state index in [-0.39, 0.29) is 16.8 Å². The lowest BCUT2D eigenvalue weighted by atomic mass is 9.96. The summed E-state index contributed by atoms with van der Waals surface area (Å²) in [5.41, 5.74) is 0.450. The van der Waals surface area contributed by atoms with Crippen molar-refractivity contribution in [1.29, 1.82) is 0 Å². The summed E-state index contributed by atoms with van der Waals surface area (Å²) in [6, 6.07) is 6.26. The smallest absolute Gasteiger partial charge is 0.254 e. The highest BCUT2D eigenvalue weighted by atomic mass is 32.2. The molecular formula is C20H32N2O5S. The Kier molecular flexibility index (Phi) is 8.88. The number of benzene rings is 1. The van der Waals surface area contributed by atoms with Gasteiger partial charge in [-0.25, -0.2) is 8.42 Å². The van der Waals surface area contributed by atoms with E-state index in [1.54, 1.807) is 38.3 Å². The first-order valence-electron chi connectivity index (χ1n) is 9.77. The average Bonchev–Trinajstić information content (AvgIpc) is 2.73. The Balaban J connectivity index is 2.12. The Morgan fingerprint density at radius 2 is 1.54 bits per heavy atom. The van der Waals surface area contributed by atoms with Crippen molar-refractivity contribution < 1.29 is 22.7 Å². The van der Waals surface area contributed by atoms with Crippen LogP contribution < -0.4 is 0 Å². The number of hydrogen-bond donors (Lipinski definition) is 0. The Morgan fingerprint density at radius 1 is 1.00 bits per heavy atom. The highest BCUT2D eigenvalue weighted by molar-refractivity contribution is 7.89. The summed E-state index contributed by atoms with van der Waals surface area (Å²) in [7, 11) is 1.26. The lowest BCUT2D eigenvalue weighted by Crippen LogP contribution is -2.38. The van der Waals surface area contributed by atoms with Gasteiger partial charge in [0.2, 0.25) is 10.0 Å². The molecule has 0 radical (unpaired) electrons. The quantitative estimate of drug-likeness (QED) is 0.590. The van der Waals surface area contributed by atoms with E-state index >= 15 is 0 Å². The molecule has 158 valence electrons. The first kappa shape index (κ1) is 22.8. The van der Waals surface area contributed by atoms with Crippen molar-refractivity contribution in [3.8, 4) is 0 Å². The second kappa shape index (κ2) is 10.9. The van der Waals surface area contributed by atoms with Crippen LogP contribution in [0.5, 0.6) is 0 Å². The van der Waals surface area contributed by atoms with Crippen molar-refractivity contribution in [2.75, 3.05) is 47.6 Å². The number of carbonyl (C=O) groups excluding carboxylic acids is 1. The molecule has 0 atom stereocenters. The first-order valence-corrected chi connectivity index (χ1v) is 11.2. The van der Waals surface area contributed by atoms with Gasteiger partial charge in [-0.15, -0.1) is 0 Å². The van der Waals surface area contributed by atoms with Crippen LogP contribution in [-0.2, 0) is 19.5 Å². The fourth-order valence-electron chi connectivity index (χ4n) is 3.48. The zero-order valence-corrected chi connectivity index (χ0v) is 17.9. The van der Waals surface area contributed by atoms with Crippen molar-refractivity contribution in [3.63, 3.8) is 0 Å². The normalized spacial score (nSPS) is 15.7. The number of methoxy groups -OCH3 is 2. The molecule has 7 nitrogen and oxygen atoms in total. The second-order valence-electron chi connectivity index (χ2n) is 7.12. The van der Waals surface area contributed by atoms with E-state index in [9.17, 15) is 13.2 Å². The van der Waals surface area contributed by atoms with E-state index in [1.807, 2.05) is 0 Å². The molecule has 0 heterocycles. The van der Waals surface area contributed by atoms with Gasteiger partial charge in [-0.2, -0.15) is 4.31 Å². The van der Waals surface area contributed by atoms with Gasteiger partial charge in [-0.05, 0) is 37.1 Å². The average molecular weight is 413 g/mol. The number of amides is 1. The molecule has 1 aliphatic rings. The van der Waals surface area contributed by atoms with Gasteiger partial charge in [-0.1, -0.05) is 19.3 Å². The molecule has 28 heavy (non-hydrogen) atoms. The lowest BCUT2D eigenvalue weighted by molar-refractivity contribution is 0.0627. The molecule has 0 aromatic heterocycles. The molecule has 1 aliphatic carbocycles. The number of rotatable bonds is 10. The monoisotopic (exact) mass is 412 g/mol. The fourth-order valence-corrected chi connectivity index (χ4v) is 4.89.